The quantitative estimate of drug-likeness (QED) is 0.307. The molecule has 4 aromatic carbocycles. The van der Waals surface area contributed by atoms with Crippen molar-refractivity contribution in [1.29, 1.82) is 0 Å². The third kappa shape index (κ3) is 3.46. The van der Waals surface area contributed by atoms with E-state index in [1.807, 2.05) is 0 Å². The fourth-order valence-electron chi connectivity index (χ4n) is 4.10. The lowest BCUT2D eigenvalue weighted by Gasteiger charge is -2.33. The minimum absolute atomic E-state index is 0.345. The Morgan fingerprint density at radius 1 is 0.571 bits per heavy atom. The second-order valence-electron chi connectivity index (χ2n) is 6.96. The van der Waals surface area contributed by atoms with E-state index < -0.39 is 7.26 Å². The summed E-state index contributed by atoms with van der Waals surface area (Å²) in [5.41, 5.74) is 1.71. The van der Waals surface area contributed by atoms with Gasteiger partial charge in [-0.05, 0) is 61.0 Å². The Morgan fingerprint density at radius 3 is 1.39 bits per heavy atom. The predicted octanol–water partition coefficient (Wildman–Crippen LogP) is 6.50. The van der Waals surface area contributed by atoms with Gasteiger partial charge in [0.1, 0.15) is 28.8 Å². The summed E-state index contributed by atoms with van der Waals surface area (Å²) in [5, 5.41) is 4.25. The van der Waals surface area contributed by atoms with Crippen LogP contribution < -0.4 is 15.9 Å². The maximum atomic E-state index is 3.68. The van der Waals surface area contributed by atoms with Gasteiger partial charge >= 0.3 is 0 Å². The minimum Gasteiger partial charge on any atom is -0.0620 e. The molecule has 0 heterocycles. The molecule has 0 fully saturated rings. The van der Waals surface area contributed by atoms with Gasteiger partial charge in [0, 0.05) is 4.47 Å². The van der Waals surface area contributed by atoms with Gasteiger partial charge < -0.3 is 0 Å². The molecule has 0 amide bonds. The first-order valence-corrected chi connectivity index (χ1v) is 12.2. The first-order chi connectivity index (χ1) is 13.7. The molecule has 0 aromatic heterocycles. The van der Waals surface area contributed by atoms with Crippen LogP contribution in [0.2, 0.25) is 0 Å². The van der Waals surface area contributed by atoms with E-state index in [4.69, 9.17) is 0 Å². The van der Waals surface area contributed by atoms with Crippen LogP contribution in [0.3, 0.4) is 0 Å². The minimum atomic E-state index is -1.91. The van der Waals surface area contributed by atoms with Crippen LogP contribution in [-0.4, -0.2) is 0 Å². The van der Waals surface area contributed by atoms with Crippen molar-refractivity contribution < 1.29 is 0 Å². The molecular weight excluding hydrogens is 423 g/mol. The highest BCUT2D eigenvalue weighted by Crippen LogP contribution is 2.66. The smallest absolute Gasteiger partial charge is 0.0620 e. The van der Waals surface area contributed by atoms with Gasteiger partial charge in [-0.25, -0.2) is 0 Å². The maximum Gasteiger partial charge on any atom is 0.119 e. The van der Waals surface area contributed by atoms with Crippen molar-refractivity contribution in [3.05, 3.63) is 125 Å². The zero-order valence-corrected chi connectivity index (χ0v) is 18.4. The lowest BCUT2D eigenvalue weighted by atomic mass is 10.2. The fourth-order valence-corrected chi connectivity index (χ4v) is 9.29. The number of hydrogen-bond acceptors (Lipinski definition) is 0. The largest absolute Gasteiger partial charge is 0.119 e. The summed E-state index contributed by atoms with van der Waals surface area (Å²) in [6.07, 6.45) is 0. The molecule has 0 bridgehead atoms. The van der Waals surface area contributed by atoms with Gasteiger partial charge in [0.2, 0.25) is 0 Å². The van der Waals surface area contributed by atoms with E-state index >= 15 is 0 Å². The van der Waals surface area contributed by atoms with Crippen LogP contribution in [-0.2, 0) is 0 Å². The molecule has 0 saturated carbocycles. The molecule has 1 unspecified atom stereocenters. The Bertz CT molecular complexity index is 933. The summed E-state index contributed by atoms with van der Waals surface area (Å²) in [5.74, 6) is 0. The number of halogens is 1. The monoisotopic (exact) mass is 445 g/mol. The molecule has 0 aliphatic carbocycles. The molecule has 4 aromatic rings. The maximum absolute atomic E-state index is 3.68. The summed E-state index contributed by atoms with van der Waals surface area (Å²) in [6.45, 7) is 2.39. The molecule has 4 rings (SSSR count). The highest BCUT2D eigenvalue weighted by Gasteiger charge is 2.50. The van der Waals surface area contributed by atoms with Crippen LogP contribution in [0.1, 0.15) is 18.1 Å². The Labute approximate surface area is 176 Å². The molecule has 0 nitrogen and oxygen atoms in total. The van der Waals surface area contributed by atoms with Crippen molar-refractivity contribution in [2.24, 2.45) is 0 Å². The highest BCUT2D eigenvalue weighted by molar-refractivity contribution is 9.10. The molecule has 138 valence electrons. The van der Waals surface area contributed by atoms with Gasteiger partial charge in [0.15, 0.2) is 0 Å². The lowest BCUT2D eigenvalue weighted by Crippen LogP contribution is -2.34. The summed E-state index contributed by atoms with van der Waals surface area (Å²) < 4.78 is 1.13. The predicted molar refractivity (Wildman–Crippen MR) is 128 cm³/mol. The SMILES string of the molecule is CC(c1cccc(Br)c1)[P+](c1ccccc1)(c1ccccc1)c1ccccc1. The van der Waals surface area contributed by atoms with E-state index in [9.17, 15) is 0 Å². The summed E-state index contributed by atoms with van der Waals surface area (Å²) >= 11 is 3.68. The average molecular weight is 446 g/mol. The van der Waals surface area contributed by atoms with Crippen molar-refractivity contribution in [3.63, 3.8) is 0 Å². The molecule has 0 radical (unpaired) electrons. The van der Waals surface area contributed by atoms with Crippen molar-refractivity contribution in [2.75, 3.05) is 0 Å². The van der Waals surface area contributed by atoms with Gasteiger partial charge in [-0.1, -0.05) is 82.7 Å². The molecule has 0 N–H and O–H groups in total. The molecular formula is C26H23BrP+. The summed E-state index contributed by atoms with van der Waals surface area (Å²) in [4.78, 5) is 0. The van der Waals surface area contributed by atoms with Crippen LogP contribution >= 0.6 is 23.2 Å². The van der Waals surface area contributed by atoms with E-state index in [1.165, 1.54) is 21.5 Å². The molecule has 28 heavy (non-hydrogen) atoms. The zero-order valence-electron chi connectivity index (χ0n) is 15.9. The number of benzene rings is 4. The lowest BCUT2D eigenvalue weighted by molar-refractivity contribution is 1.08. The van der Waals surface area contributed by atoms with Crippen LogP contribution in [0.4, 0.5) is 0 Å². The average Bonchev–Trinajstić information content (AvgIpc) is 2.76. The highest BCUT2D eigenvalue weighted by atomic mass is 79.9. The van der Waals surface area contributed by atoms with Gasteiger partial charge in [-0.15, -0.1) is 0 Å². The van der Waals surface area contributed by atoms with Gasteiger partial charge in [-0.2, -0.15) is 0 Å². The molecule has 0 aliphatic rings. The number of rotatable bonds is 5. The first kappa shape index (κ1) is 19.1. The van der Waals surface area contributed by atoms with Crippen LogP contribution in [0.15, 0.2) is 120 Å². The van der Waals surface area contributed by atoms with E-state index in [2.05, 4.69) is 138 Å². The van der Waals surface area contributed by atoms with Crippen molar-refractivity contribution >= 4 is 39.1 Å². The van der Waals surface area contributed by atoms with E-state index in [0.29, 0.717) is 5.66 Å². The Morgan fingerprint density at radius 2 is 1.00 bits per heavy atom. The standard InChI is InChI=1S/C26H23BrP/c1-21(22-12-11-13-23(27)20-22)28(24-14-5-2-6-15-24,25-16-7-3-8-17-25)26-18-9-4-10-19-26/h2-21H,1H3/q+1. The van der Waals surface area contributed by atoms with Gasteiger partial charge in [-0.3, -0.25) is 0 Å². The second-order valence-corrected chi connectivity index (χ2v) is 11.6. The van der Waals surface area contributed by atoms with E-state index in [-0.39, 0.29) is 0 Å². The summed E-state index contributed by atoms with van der Waals surface area (Å²) in [7, 11) is -1.91. The van der Waals surface area contributed by atoms with E-state index in [0.717, 1.165) is 4.47 Å². The second kappa shape index (κ2) is 8.43. The molecule has 0 aliphatic heterocycles. The topological polar surface area (TPSA) is 0 Å². The molecule has 0 spiro atoms. The Balaban J connectivity index is 2.07. The number of hydrogen-bond donors (Lipinski definition) is 0. The Hall–Kier alpha value is -2.21. The van der Waals surface area contributed by atoms with Crippen LogP contribution in [0.25, 0.3) is 0 Å². The molecule has 2 heteroatoms. The molecule has 0 saturated heterocycles. The van der Waals surface area contributed by atoms with Crippen LogP contribution in [0.5, 0.6) is 0 Å². The van der Waals surface area contributed by atoms with Crippen molar-refractivity contribution in [1.82, 2.24) is 0 Å². The summed E-state index contributed by atoms with van der Waals surface area (Å²) in [6, 6.07) is 42.0. The third-order valence-corrected chi connectivity index (χ3v) is 10.7. The first-order valence-electron chi connectivity index (χ1n) is 9.54. The van der Waals surface area contributed by atoms with Crippen molar-refractivity contribution in [2.45, 2.75) is 12.6 Å². The van der Waals surface area contributed by atoms with Gasteiger partial charge in [0.05, 0.1) is 0 Å². The zero-order chi connectivity index (χ0) is 19.4. The van der Waals surface area contributed by atoms with Crippen LogP contribution in [0, 0.1) is 0 Å². The van der Waals surface area contributed by atoms with E-state index in [1.54, 1.807) is 0 Å². The van der Waals surface area contributed by atoms with Gasteiger partial charge in [0.25, 0.3) is 0 Å². The van der Waals surface area contributed by atoms with Crippen molar-refractivity contribution in [3.8, 4) is 0 Å². The Kier molecular flexibility index (Phi) is 5.76. The molecule has 1 atom stereocenters. The normalized spacial score (nSPS) is 12.5. The third-order valence-electron chi connectivity index (χ3n) is 5.40. The fraction of sp³-hybridized carbons (Fsp3) is 0.0769.